The van der Waals surface area contributed by atoms with Gasteiger partial charge < -0.3 is 5.32 Å². The summed E-state index contributed by atoms with van der Waals surface area (Å²) in [5.74, 6) is 0.445. The summed E-state index contributed by atoms with van der Waals surface area (Å²) in [6, 6.07) is 0. The second kappa shape index (κ2) is 3.77. The molecule has 1 fully saturated rings. The van der Waals surface area contributed by atoms with Gasteiger partial charge in [0, 0.05) is 6.42 Å². The SMILES string of the molecule is CC1(CC(=O)Nc2cnc(Cl)cn2)CC1. The van der Waals surface area contributed by atoms with Crippen molar-refractivity contribution in [2.24, 2.45) is 5.41 Å². The maximum Gasteiger partial charge on any atom is 0.226 e. The molecule has 1 saturated carbocycles. The first-order chi connectivity index (χ1) is 7.07. The van der Waals surface area contributed by atoms with Crippen LogP contribution in [-0.2, 0) is 4.79 Å². The Morgan fingerprint density at radius 1 is 1.53 bits per heavy atom. The van der Waals surface area contributed by atoms with E-state index in [0.29, 0.717) is 17.4 Å². The first-order valence-electron chi connectivity index (χ1n) is 4.85. The second-order valence-corrected chi connectivity index (χ2v) is 4.65. The van der Waals surface area contributed by atoms with Crippen molar-refractivity contribution in [1.82, 2.24) is 9.97 Å². The number of amides is 1. The molecule has 1 aliphatic rings. The molecule has 0 spiro atoms. The molecule has 1 amide bonds. The summed E-state index contributed by atoms with van der Waals surface area (Å²) in [5.41, 5.74) is 0.212. The lowest BCUT2D eigenvalue weighted by atomic mass is 10.1. The molecule has 1 heterocycles. The highest BCUT2D eigenvalue weighted by molar-refractivity contribution is 6.29. The zero-order valence-electron chi connectivity index (χ0n) is 8.46. The van der Waals surface area contributed by atoms with Gasteiger partial charge in [-0.05, 0) is 18.3 Å². The van der Waals surface area contributed by atoms with Crippen LogP contribution in [0, 0.1) is 5.41 Å². The van der Waals surface area contributed by atoms with Crippen molar-refractivity contribution in [2.45, 2.75) is 26.2 Å². The monoisotopic (exact) mass is 225 g/mol. The van der Waals surface area contributed by atoms with Gasteiger partial charge in [-0.1, -0.05) is 18.5 Å². The summed E-state index contributed by atoms with van der Waals surface area (Å²) >= 11 is 5.58. The van der Waals surface area contributed by atoms with Crippen molar-refractivity contribution in [2.75, 3.05) is 5.32 Å². The average Bonchev–Trinajstić information content (AvgIpc) is 2.87. The molecule has 80 valence electrons. The number of nitrogens with zero attached hydrogens (tertiary/aromatic N) is 2. The maximum atomic E-state index is 11.5. The standard InChI is InChI=1S/C10H12ClN3O/c1-10(2-3-10)4-9(15)14-8-6-12-7(11)5-13-8/h5-6H,2-4H2,1H3,(H,13,14,15). The summed E-state index contributed by atoms with van der Waals surface area (Å²) in [6.45, 7) is 2.11. The fourth-order valence-corrected chi connectivity index (χ4v) is 1.44. The Morgan fingerprint density at radius 3 is 2.80 bits per heavy atom. The molecule has 0 aliphatic heterocycles. The Kier molecular flexibility index (Phi) is 2.61. The molecule has 15 heavy (non-hydrogen) atoms. The summed E-state index contributed by atoms with van der Waals surface area (Å²) in [6.07, 6.45) is 5.68. The fourth-order valence-electron chi connectivity index (χ4n) is 1.34. The molecule has 0 atom stereocenters. The van der Waals surface area contributed by atoms with E-state index in [4.69, 9.17) is 11.6 Å². The number of carbonyl (C=O) groups excluding carboxylic acids is 1. The molecule has 1 aromatic rings. The molecule has 1 aromatic heterocycles. The van der Waals surface area contributed by atoms with Crippen LogP contribution in [0.1, 0.15) is 26.2 Å². The molecule has 1 N–H and O–H groups in total. The molecular formula is C10H12ClN3O. The van der Waals surface area contributed by atoms with Crippen LogP contribution < -0.4 is 5.32 Å². The van der Waals surface area contributed by atoms with E-state index in [0.717, 1.165) is 12.8 Å². The molecule has 0 saturated heterocycles. The van der Waals surface area contributed by atoms with E-state index < -0.39 is 0 Å². The predicted octanol–water partition coefficient (Wildman–Crippen LogP) is 2.26. The number of carbonyl (C=O) groups is 1. The van der Waals surface area contributed by atoms with Gasteiger partial charge in [-0.3, -0.25) is 4.79 Å². The van der Waals surface area contributed by atoms with Crippen LogP contribution in [0.15, 0.2) is 12.4 Å². The molecule has 0 unspecified atom stereocenters. The Morgan fingerprint density at radius 2 is 2.27 bits per heavy atom. The largest absolute Gasteiger partial charge is 0.309 e. The van der Waals surface area contributed by atoms with Gasteiger partial charge in [-0.2, -0.15) is 0 Å². The Labute approximate surface area is 93.1 Å². The molecule has 0 bridgehead atoms. The molecule has 2 rings (SSSR count). The number of hydrogen-bond donors (Lipinski definition) is 1. The zero-order valence-corrected chi connectivity index (χ0v) is 9.21. The Bertz CT molecular complexity index is 373. The van der Waals surface area contributed by atoms with Crippen LogP contribution in [0.25, 0.3) is 0 Å². The van der Waals surface area contributed by atoms with E-state index in [1.165, 1.54) is 12.4 Å². The van der Waals surface area contributed by atoms with Gasteiger partial charge in [0.25, 0.3) is 0 Å². The highest BCUT2D eigenvalue weighted by atomic mass is 35.5. The van der Waals surface area contributed by atoms with Crippen LogP contribution in [-0.4, -0.2) is 15.9 Å². The van der Waals surface area contributed by atoms with E-state index in [9.17, 15) is 4.79 Å². The Hall–Kier alpha value is -1.16. The first kappa shape index (κ1) is 10.4. The lowest BCUT2D eigenvalue weighted by Crippen LogP contribution is -2.16. The quantitative estimate of drug-likeness (QED) is 0.859. The van der Waals surface area contributed by atoms with Crippen molar-refractivity contribution in [1.29, 1.82) is 0 Å². The van der Waals surface area contributed by atoms with Crippen molar-refractivity contribution >= 4 is 23.3 Å². The van der Waals surface area contributed by atoms with Crippen LogP contribution in [0.4, 0.5) is 5.82 Å². The molecule has 5 heteroatoms. The van der Waals surface area contributed by atoms with Gasteiger partial charge in [0.2, 0.25) is 5.91 Å². The smallest absolute Gasteiger partial charge is 0.226 e. The van der Waals surface area contributed by atoms with Crippen molar-refractivity contribution in [3.8, 4) is 0 Å². The fraction of sp³-hybridized carbons (Fsp3) is 0.500. The van der Waals surface area contributed by atoms with Gasteiger partial charge in [-0.15, -0.1) is 0 Å². The van der Waals surface area contributed by atoms with Gasteiger partial charge >= 0.3 is 0 Å². The maximum absolute atomic E-state index is 11.5. The minimum Gasteiger partial charge on any atom is -0.309 e. The van der Waals surface area contributed by atoms with Crippen LogP contribution in [0.5, 0.6) is 0 Å². The van der Waals surface area contributed by atoms with Gasteiger partial charge in [-0.25, -0.2) is 9.97 Å². The molecular weight excluding hydrogens is 214 g/mol. The van der Waals surface area contributed by atoms with E-state index in [1.54, 1.807) is 0 Å². The third-order valence-electron chi connectivity index (χ3n) is 2.58. The minimum absolute atomic E-state index is 0.00776. The lowest BCUT2D eigenvalue weighted by molar-refractivity contribution is -0.117. The highest BCUT2D eigenvalue weighted by Crippen LogP contribution is 2.48. The number of hydrogen-bond acceptors (Lipinski definition) is 3. The average molecular weight is 226 g/mol. The Balaban J connectivity index is 1.91. The minimum atomic E-state index is -0.00776. The van der Waals surface area contributed by atoms with Gasteiger partial charge in [0.15, 0.2) is 5.82 Å². The number of aromatic nitrogens is 2. The van der Waals surface area contributed by atoms with Crippen molar-refractivity contribution < 1.29 is 4.79 Å². The third-order valence-corrected chi connectivity index (χ3v) is 2.77. The molecule has 0 radical (unpaired) electrons. The van der Waals surface area contributed by atoms with E-state index in [-0.39, 0.29) is 11.3 Å². The molecule has 1 aliphatic carbocycles. The van der Waals surface area contributed by atoms with Crippen molar-refractivity contribution in [3.63, 3.8) is 0 Å². The lowest BCUT2D eigenvalue weighted by Gasteiger charge is -2.07. The second-order valence-electron chi connectivity index (χ2n) is 4.26. The summed E-state index contributed by atoms with van der Waals surface area (Å²) in [4.78, 5) is 19.3. The normalized spacial score (nSPS) is 17.2. The number of halogens is 1. The highest BCUT2D eigenvalue weighted by Gasteiger charge is 2.39. The van der Waals surface area contributed by atoms with E-state index >= 15 is 0 Å². The third kappa shape index (κ3) is 2.89. The summed E-state index contributed by atoms with van der Waals surface area (Å²) in [7, 11) is 0. The number of rotatable bonds is 3. The van der Waals surface area contributed by atoms with E-state index in [1.807, 2.05) is 0 Å². The zero-order chi connectivity index (χ0) is 10.9. The van der Waals surface area contributed by atoms with E-state index in [2.05, 4.69) is 22.2 Å². The number of anilines is 1. The summed E-state index contributed by atoms with van der Waals surface area (Å²) in [5, 5.41) is 3.02. The summed E-state index contributed by atoms with van der Waals surface area (Å²) < 4.78 is 0. The predicted molar refractivity (Wildman–Crippen MR) is 57.6 cm³/mol. The first-order valence-corrected chi connectivity index (χ1v) is 5.23. The van der Waals surface area contributed by atoms with Crippen molar-refractivity contribution in [3.05, 3.63) is 17.5 Å². The molecule has 0 aromatic carbocycles. The number of nitrogens with one attached hydrogen (secondary N) is 1. The molecule has 4 nitrogen and oxygen atoms in total. The van der Waals surface area contributed by atoms with Crippen LogP contribution in [0.2, 0.25) is 5.15 Å². The van der Waals surface area contributed by atoms with Crippen LogP contribution >= 0.6 is 11.6 Å². The van der Waals surface area contributed by atoms with Gasteiger partial charge in [0.05, 0.1) is 12.4 Å². The van der Waals surface area contributed by atoms with Crippen LogP contribution in [0.3, 0.4) is 0 Å². The topological polar surface area (TPSA) is 54.9 Å². The van der Waals surface area contributed by atoms with Gasteiger partial charge in [0.1, 0.15) is 5.15 Å².